The van der Waals surface area contributed by atoms with Crippen molar-refractivity contribution in [3.05, 3.63) is 70.1 Å². The lowest BCUT2D eigenvalue weighted by Crippen LogP contribution is -2.36. The van der Waals surface area contributed by atoms with Gasteiger partial charge in [-0.05, 0) is 19.4 Å². The number of sulfonamides is 1. The quantitative estimate of drug-likeness (QED) is 0.537. The molecule has 32 heavy (non-hydrogen) atoms. The molecule has 1 aromatic heterocycles. The van der Waals surface area contributed by atoms with Crippen molar-refractivity contribution >= 4 is 27.2 Å². The highest BCUT2D eigenvalue weighted by molar-refractivity contribution is 7.92. The maximum atomic E-state index is 15.0. The molecule has 3 aromatic rings. The molecule has 1 saturated heterocycles. The van der Waals surface area contributed by atoms with Gasteiger partial charge in [0.2, 0.25) is 0 Å². The van der Waals surface area contributed by atoms with Crippen molar-refractivity contribution < 1.29 is 21.9 Å². The predicted molar refractivity (Wildman–Crippen MR) is 119 cm³/mol. The molecule has 1 aliphatic rings. The molecular formula is C22H23F2N3O3S2. The summed E-state index contributed by atoms with van der Waals surface area (Å²) in [5, 5.41) is 1.43. The Morgan fingerprint density at radius 3 is 2.72 bits per heavy atom. The second-order valence-corrected chi connectivity index (χ2v) is 10.4. The molecule has 0 aliphatic carbocycles. The average molecular weight is 480 g/mol. The highest BCUT2D eigenvalue weighted by Gasteiger charge is 2.37. The van der Waals surface area contributed by atoms with E-state index in [1.807, 2.05) is 37.3 Å². The molecule has 0 saturated carbocycles. The molecule has 170 valence electrons. The average Bonchev–Trinajstić information content (AvgIpc) is 3.36. The highest BCUT2D eigenvalue weighted by Crippen LogP contribution is 2.35. The molecule has 1 unspecified atom stereocenters. The Morgan fingerprint density at radius 1 is 1.28 bits per heavy atom. The molecule has 1 atom stereocenters. The molecule has 0 radical (unpaired) electrons. The number of halogens is 2. The minimum atomic E-state index is -4.49. The number of hydrogen-bond donors (Lipinski definition) is 1. The number of anilines is 1. The summed E-state index contributed by atoms with van der Waals surface area (Å²) in [5.41, 5.74) is 1.87. The first-order valence-corrected chi connectivity index (χ1v) is 12.4. The number of likely N-dealkylation sites (tertiary alicyclic amines) is 1. The summed E-state index contributed by atoms with van der Waals surface area (Å²) in [4.78, 5) is 4.97. The number of thiazole rings is 1. The number of rotatable bonds is 7. The van der Waals surface area contributed by atoms with Gasteiger partial charge in [0.05, 0.1) is 5.51 Å². The largest absolute Gasteiger partial charge is 0.486 e. The van der Waals surface area contributed by atoms with Crippen LogP contribution < -0.4 is 9.46 Å². The van der Waals surface area contributed by atoms with E-state index in [-0.39, 0.29) is 17.1 Å². The monoisotopic (exact) mass is 479 g/mol. The molecule has 10 heteroatoms. The SMILES string of the molecule is Cc1c(OC2(C)CCN(Cc3ccccc3)C2)cc(F)c(S(=O)(=O)Nc2cscn2)c1F. The van der Waals surface area contributed by atoms with Gasteiger partial charge in [-0.25, -0.2) is 22.2 Å². The maximum absolute atomic E-state index is 15.0. The minimum Gasteiger partial charge on any atom is -0.486 e. The summed E-state index contributed by atoms with van der Waals surface area (Å²) in [6.07, 6.45) is 0.675. The van der Waals surface area contributed by atoms with Crippen LogP contribution in [-0.4, -0.2) is 37.0 Å². The van der Waals surface area contributed by atoms with Crippen LogP contribution in [-0.2, 0) is 16.6 Å². The van der Waals surface area contributed by atoms with E-state index >= 15 is 4.39 Å². The molecule has 0 bridgehead atoms. The Hall–Kier alpha value is -2.56. The van der Waals surface area contributed by atoms with Crippen molar-refractivity contribution in [2.75, 3.05) is 17.8 Å². The van der Waals surface area contributed by atoms with Crippen LogP contribution in [0.2, 0.25) is 0 Å². The van der Waals surface area contributed by atoms with Crippen LogP contribution in [0.4, 0.5) is 14.6 Å². The van der Waals surface area contributed by atoms with E-state index in [2.05, 4.69) is 14.6 Å². The van der Waals surface area contributed by atoms with Crippen LogP contribution in [0, 0.1) is 18.6 Å². The number of nitrogens with zero attached hydrogens (tertiary/aromatic N) is 2. The zero-order chi connectivity index (χ0) is 22.9. The number of hydrogen-bond acceptors (Lipinski definition) is 6. The fourth-order valence-corrected chi connectivity index (χ4v) is 5.58. The normalized spacial score (nSPS) is 19.2. The van der Waals surface area contributed by atoms with Gasteiger partial charge in [0, 0.05) is 43.1 Å². The first-order valence-electron chi connectivity index (χ1n) is 10.0. The van der Waals surface area contributed by atoms with Gasteiger partial charge in [-0.15, -0.1) is 11.3 Å². The molecule has 0 spiro atoms. The molecular weight excluding hydrogens is 456 g/mol. The predicted octanol–water partition coefficient (Wildman–Crippen LogP) is 4.57. The summed E-state index contributed by atoms with van der Waals surface area (Å²) in [7, 11) is -4.49. The van der Waals surface area contributed by atoms with E-state index < -0.39 is 32.2 Å². The smallest absolute Gasteiger partial charge is 0.268 e. The Bertz CT molecular complexity index is 1200. The second-order valence-electron chi connectivity index (χ2n) is 8.10. The summed E-state index contributed by atoms with van der Waals surface area (Å²) < 4.78 is 63.1. The standard InChI is InChI=1S/C22H23F2N3O3S2/c1-15-18(30-22(2)8-9-27(13-22)11-16-6-4-3-5-7-16)10-17(23)21(20(15)24)32(28,29)26-19-12-31-14-25-19/h3-7,10,12,14,26H,8-9,11,13H2,1-2H3. The third-order valence-electron chi connectivity index (χ3n) is 5.43. The molecule has 1 fully saturated rings. The molecule has 0 amide bonds. The van der Waals surface area contributed by atoms with Crippen molar-refractivity contribution in [1.29, 1.82) is 0 Å². The van der Waals surface area contributed by atoms with Crippen molar-refractivity contribution in [1.82, 2.24) is 9.88 Å². The lowest BCUT2D eigenvalue weighted by molar-refractivity contribution is 0.0930. The lowest BCUT2D eigenvalue weighted by atomic mass is 10.1. The Morgan fingerprint density at radius 2 is 2.03 bits per heavy atom. The number of ether oxygens (including phenoxy) is 1. The fourth-order valence-electron chi connectivity index (χ4n) is 3.83. The van der Waals surface area contributed by atoms with Gasteiger partial charge in [-0.2, -0.15) is 0 Å². The van der Waals surface area contributed by atoms with Crippen molar-refractivity contribution in [3.8, 4) is 5.75 Å². The van der Waals surface area contributed by atoms with Crippen molar-refractivity contribution in [3.63, 3.8) is 0 Å². The maximum Gasteiger partial charge on any atom is 0.268 e. The van der Waals surface area contributed by atoms with E-state index in [1.165, 1.54) is 23.4 Å². The molecule has 6 nitrogen and oxygen atoms in total. The van der Waals surface area contributed by atoms with E-state index in [4.69, 9.17) is 4.74 Å². The van der Waals surface area contributed by atoms with Crippen LogP contribution >= 0.6 is 11.3 Å². The second kappa shape index (κ2) is 8.76. The number of aromatic nitrogens is 1. The lowest BCUT2D eigenvalue weighted by Gasteiger charge is -2.28. The topological polar surface area (TPSA) is 71.5 Å². The van der Waals surface area contributed by atoms with Gasteiger partial charge in [0.25, 0.3) is 10.0 Å². The van der Waals surface area contributed by atoms with Crippen molar-refractivity contribution in [2.45, 2.75) is 37.3 Å². The summed E-state index contributed by atoms with van der Waals surface area (Å²) in [5.74, 6) is -2.39. The van der Waals surface area contributed by atoms with Gasteiger partial charge >= 0.3 is 0 Å². The Balaban J connectivity index is 1.53. The van der Waals surface area contributed by atoms with Crippen LogP contribution in [0.1, 0.15) is 24.5 Å². The van der Waals surface area contributed by atoms with Crippen LogP contribution in [0.3, 0.4) is 0 Å². The van der Waals surface area contributed by atoms with Gasteiger partial charge in [-0.1, -0.05) is 30.3 Å². The molecule has 2 aromatic carbocycles. The molecule has 4 rings (SSSR count). The molecule has 1 aliphatic heterocycles. The molecule has 2 heterocycles. The molecule has 1 N–H and O–H groups in total. The first-order chi connectivity index (χ1) is 15.2. The van der Waals surface area contributed by atoms with Gasteiger partial charge in [-0.3, -0.25) is 9.62 Å². The van der Waals surface area contributed by atoms with Gasteiger partial charge in [0.15, 0.2) is 16.5 Å². The van der Waals surface area contributed by atoms with Crippen LogP contribution in [0.15, 0.2) is 52.2 Å². The zero-order valence-corrected chi connectivity index (χ0v) is 19.3. The number of benzene rings is 2. The fraction of sp³-hybridized carbons (Fsp3) is 0.318. The van der Waals surface area contributed by atoms with E-state index in [1.54, 1.807) is 0 Å². The third-order valence-corrected chi connectivity index (χ3v) is 7.41. The van der Waals surface area contributed by atoms with E-state index in [9.17, 15) is 12.8 Å². The van der Waals surface area contributed by atoms with Gasteiger partial charge < -0.3 is 4.74 Å². The highest BCUT2D eigenvalue weighted by atomic mass is 32.2. The minimum absolute atomic E-state index is 0.00308. The summed E-state index contributed by atoms with van der Waals surface area (Å²) >= 11 is 1.16. The zero-order valence-electron chi connectivity index (χ0n) is 17.6. The first kappa shape index (κ1) is 22.6. The third kappa shape index (κ3) is 4.77. The van der Waals surface area contributed by atoms with Crippen LogP contribution in [0.5, 0.6) is 5.75 Å². The summed E-state index contributed by atoms with van der Waals surface area (Å²) in [6, 6.07) is 11.0. The van der Waals surface area contributed by atoms with Gasteiger partial charge in [0.1, 0.15) is 17.2 Å². The Kier molecular flexibility index (Phi) is 6.19. The van der Waals surface area contributed by atoms with Crippen LogP contribution in [0.25, 0.3) is 0 Å². The van der Waals surface area contributed by atoms with E-state index in [0.29, 0.717) is 13.0 Å². The number of nitrogens with one attached hydrogen (secondary N) is 1. The van der Waals surface area contributed by atoms with Crippen molar-refractivity contribution in [2.24, 2.45) is 0 Å². The van der Waals surface area contributed by atoms with E-state index in [0.717, 1.165) is 30.5 Å². The summed E-state index contributed by atoms with van der Waals surface area (Å²) in [6.45, 7) is 5.38. The Labute approximate surface area is 189 Å².